The van der Waals surface area contributed by atoms with Crippen molar-refractivity contribution in [2.45, 2.75) is 37.6 Å². The summed E-state index contributed by atoms with van der Waals surface area (Å²) in [6.45, 7) is 0. The molecule has 2 aliphatic rings. The first-order valence-electron chi connectivity index (χ1n) is 7.44. The molecule has 2 unspecified atom stereocenters. The third-order valence-corrected chi connectivity index (χ3v) is 4.64. The summed E-state index contributed by atoms with van der Waals surface area (Å²) in [5.41, 5.74) is 0.245. The fraction of sp³-hybridized carbons (Fsp3) is 0.500. The first-order valence-corrected chi connectivity index (χ1v) is 7.44. The molecule has 0 aliphatic heterocycles. The minimum atomic E-state index is -0.899. The highest BCUT2D eigenvalue weighted by Crippen LogP contribution is 2.48. The van der Waals surface area contributed by atoms with Crippen LogP contribution < -0.4 is 5.32 Å². The molecule has 0 spiro atoms. The summed E-state index contributed by atoms with van der Waals surface area (Å²) in [7, 11) is 0. The molecule has 4 nitrogen and oxygen atoms in total. The van der Waals surface area contributed by atoms with Crippen LogP contribution in [0.1, 0.15) is 37.2 Å². The summed E-state index contributed by atoms with van der Waals surface area (Å²) in [6.07, 6.45) is 2.15. The van der Waals surface area contributed by atoms with Crippen molar-refractivity contribution in [1.29, 1.82) is 0 Å². The zero-order valence-electron chi connectivity index (χ0n) is 11.9. The van der Waals surface area contributed by atoms with E-state index in [2.05, 4.69) is 5.32 Å². The third-order valence-electron chi connectivity index (χ3n) is 4.64. The van der Waals surface area contributed by atoms with E-state index in [-0.39, 0.29) is 29.3 Å². The second-order valence-electron chi connectivity index (χ2n) is 6.15. The monoisotopic (exact) mass is 309 g/mol. The lowest BCUT2D eigenvalue weighted by Gasteiger charge is -2.12. The fourth-order valence-corrected chi connectivity index (χ4v) is 3.28. The summed E-state index contributed by atoms with van der Waals surface area (Å²) < 4.78 is 26.9. The van der Waals surface area contributed by atoms with Crippen LogP contribution in [0, 0.1) is 23.5 Å². The molecule has 0 saturated heterocycles. The first-order chi connectivity index (χ1) is 10.5. The predicted octanol–water partition coefficient (Wildman–Crippen LogP) is 2.44. The van der Waals surface area contributed by atoms with E-state index in [1.807, 2.05) is 0 Å². The van der Waals surface area contributed by atoms with E-state index in [9.17, 15) is 18.4 Å². The Morgan fingerprint density at radius 3 is 2.64 bits per heavy atom. The Hall–Kier alpha value is -1.98. The van der Waals surface area contributed by atoms with Crippen molar-refractivity contribution in [1.82, 2.24) is 5.32 Å². The van der Waals surface area contributed by atoms with Crippen LogP contribution in [0.2, 0.25) is 0 Å². The van der Waals surface area contributed by atoms with Crippen LogP contribution in [-0.2, 0) is 9.59 Å². The number of benzene rings is 1. The van der Waals surface area contributed by atoms with E-state index in [0.717, 1.165) is 6.07 Å². The SMILES string of the molecule is O=C(N[C@@H]1CC[C@H](C(=O)O)C1)C1CC1c1cccc(F)c1F. The number of carbonyl (C=O) groups excluding carboxylic acids is 1. The Morgan fingerprint density at radius 1 is 1.18 bits per heavy atom. The van der Waals surface area contributed by atoms with Crippen molar-refractivity contribution >= 4 is 11.9 Å². The van der Waals surface area contributed by atoms with Gasteiger partial charge in [0.05, 0.1) is 5.92 Å². The number of carbonyl (C=O) groups is 2. The average Bonchev–Trinajstić information content (AvgIpc) is 3.13. The Morgan fingerprint density at radius 2 is 1.95 bits per heavy atom. The van der Waals surface area contributed by atoms with Gasteiger partial charge in [-0.2, -0.15) is 0 Å². The number of carboxylic acid groups (broad SMARTS) is 1. The zero-order valence-corrected chi connectivity index (χ0v) is 11.9. The van der Waals surface area contributed by atoms with Gasteiger partial charge in [-0.15, -0.1) is 0 Å². The van der Waals surface area contributed by atoms with Crippen molar-refractivity contribution in [2.24, 2.45) is 11.8 Å². The predicted molar refractivity (Wildman–Crippen MR) is 74.1 cm³/mol. The van der Waals surface area contributed by atoms with Gasteiger partial charge in [-0.05, 0) is 43.2 Å². The van der Waals surface area contributed by atoms with Gasteiger partial charge in [-0.25, -0.2) is 8.78 Å². The van der Waals surface area contributed by atoms with Gasteiger partial charge < -0.3 is 10.4 Å². The van der Waals surface area contributed by atoms with Crippen molar-refractivity contribution in [3.63, 3.8) is 0 Å². The largest absolute Gasteiger partial charge is 0.481 e. The molecule has 0 aromatic heterocycles. The second kappa shape index (κ2) is 5.66. The zero-order chi connectivity index (χ0) is 15.9. The topological polar surface area (TPSA) is 66.4 Å². The quantitative estimate of drug-likeness (QED) is 0.898. The number of amides is 1. The molecular formula is C16H17F2NO3. The van der Waals surface area contributed by atoms with Crippen LogP contribution in [-0.4, -0.2) is 23.0 Å². The second-order valence-corrected chi connectivity index (χ2v) is 6.15. The van der Waals surface area contributed by atoms with Gasteiger partial charge in [-0.3, -0.25) is 9.59 Å². The number of nitrogens with one attached hydrogen (secondary N) is 1. The Labute approximate surface area is 126 Å². The average molecular weight is 309 g/mol. The number of hydrogen-bond acceptors (Lipinski definition) is 2. The van der Waals surface area contributed by atoms with Crippen LogP contribution in [0.25, 0.3) is 0 Å². The van der Waals surface area contributed by atoms with Crippen molar-refractivity contribution in [3.05, 3.63) is 35.4 Å². The number of aliphatic carboxylic acids is 1. The maximum atomic E-state index is 13.7. The van der Waals surface area contributed by atoms with E-state index in [1.54, 1.807) is 0 Å². The highest BCUT2D eigenvalue weighted by atomic mass is 19.2. The van der Waals surface area contributed by atoms with Crippen molar-refractivity contribution in [3.8, 4) is 0 Å². The lowest BCUT2D eigenvalue weighted by molar-refractivity contribution is -0.141. The molecular weight excluding hydrogens is 292 g/mol. The highest BCUT2D eigenvalue weighted by molar-refractivity contribution is 5.83. The normalized spacial score (nSPS) is 30.1. The summed E-state index contributed by atoms with van der Waals surface area (Å²) in [5, 5.41) is 11.8. The Balaban J connectivity index is 1.57. The van der Waals surface area contributed by atoms with Gasteiger partial charge in [0.15, 0.2) is 11.6 Å². The van der Waals surface area contributed by atoms with Gasteiger partial charge in [-0.1, -0.05) is 12.1 Å². The van der Waals surface area contributed by atoms with Crippen LogP contribution in [0.5, 0.6) is 0 Å². The maximum Gasteiger partial charge on any atom is 0.306 e. The van der Waals surface area contributed by atoms with Gasteiger partial charge in [0.1, 0.15) is 0 Å². The molecule has 2 N–H and O–H groups in total. The smallest absolute Gasteiger partial charge is 0.306 e. The van der Waals surface area contributed by atoms with Crippen molar-refractivity contribution < 1.29 is 23.5 Å². The van der Waals surface area contributed by atoms with Gasteiger partial charge in [0.25, 0.3) is 0 Å². The molecule has 118 valence electrons. The molecule has 0 bridgehead atoms. The maximum absolute atomic E-state index is 13.7. The standard InChI is InChI=1S/C16H17F2NO3/c17-13-3-1-2-10(14(13)18)11-7-12(11)15(20)19-9-5-4-8(6-9)16(21)22/h1-3,8-9,11-12H,4-7H2,(H,19,20)(H,21,22)/t8-,9+,11?,12?/m0/s1. The van der Waals surface area contributed by atoms with Crippen LogP contribution in [0.3, 0.4) is 0 Å². The number of rotatable bonds is 4. The molecule has 2 fully saturated rings. The summed E-state index contributed by atoms with van der Waals surface area (Å²) in [4.78, 5) is 23.0. The highest BCUT2D eigenvalue weighted by Gasteiger charge is 2.46. The Bertz CT molecular complexity index is 619. The first kappa shape index (κ1) is 14.9. The Kier molecular flexibility index (Phi) is 3.85. The van der Waals surface area contributed by atoms with E-state index in [1.165, 1.54) is 12.1 Å². The van der Waals surface area contributed by atoms with Crippen LogP contribution >= 0.6 is 0 Å². The molecule has 2 aliphatic carbocycles. The minimum Gasteiger partial charge on any atom is -0.481 e. The molecule has 2 saturated carbocycles. The van der Waals surface area contributed by atoms with E-state index in [4.69, 9.17) is 5.11 Å². The van der Waals surface area contributed by atoms with E-state index >= 15 is 0 Å². The van der Waals surface area contributed by atoms with Gasteiger partial charge in [0.2, 0.25) is 5.91 Å². The van der Waals surface area contributed by atoms with Gasteiger partial charge in [0, 0.05) is 12.0 Å². The molecule has 4 atom stereocenters. The van der Waals surface area contributed by atoms with E-state index < -0.39 is 23.5 Å². The van der Waals surface area contributed by atoms with Crippen LogP contribution in [0.4, 0.5) is 8.78 Å². The molecule has 1 amide bonds. The lowest BCUT2D eigenvalue weighted by Crippen LogP contribution is -2.34. The van der Waals surface area contributed by atoms with Crippen LogP contribution in [0.15, 0.2) is 18.2 Å². The molecule has 3 rings (SSSR count). The molecule has 1 aromatic carbocycles. The minimum absolute atomic E-state index is 0.132. The molecule has 22 heavy (non-hydrogen) atoms. The molecule has 1 aromatic rings. The lowest BCUT2D eigenvalue weighted by atomic mass is 10.1. The van der Waals surface area contributed by atoms with Gasteiger partial charge >= 0.3 is 5.97 Å². The number of carboxylic acids is 1. The summed E-state index contributed by atoms with van der Waals surface area (Å²) in [5.74, 6) is -3.83. The molecule has 0 heterocycles. The van der Waals surface area contributed by atoms with Crippen molar-refractivity contribution in [2.75, 3.05) is 0 Å². The fourth-order valence-electron chi connectivity index (χ4n) is 3.28. The molecule has 0 radical (unpaired) electrons. The molecule has 6 heteroatoms. The van der Waals surface area contributed by atoms with E-state index in [0.29, 0.717) is 25.7 Å². The summed E-state index contributed by atoms with van der Waals surface area (Å²) >= 11 is 0. The third kappa shape index (κ3) is 2.82. The number of halogens is 2. The summed E-state index contributed by atoms with van der Waals surface area (Å²) in [6, 6.07) is 3.87. The number of hydrogen-bond donors (Lipinski definition) is 2.